The monoisotopic (exact) mass is 410 g/mol. The lowest BCUT2D eigenvalue weighted by Gasteiger charge is -2.16. The molecule has 29 heavy (non-hydrogen) atoms. The fourth-order valence-corrected chi connectivity index (χ4v) is 4.13. The van der Waals surface area contributed by atoms with Gasteiger partial charge < -0.3 is 10.1 Å². The fraction of sp³-hybridized carbons (Fsp3) is 0.348. The van der Waals surface area contributed by atoms with E-state index in [1.165, 1.54) is 4.70 Å². The number of anilines is 1. The molecule has 0 spiro atoms. The average molecular weight is 411 g/mol. The SMILES string of the molecule is Cc1cccc(C)c1NC(=O)[C@@H](C)OC(=O)CCCCc1nc2ccccc2s1. The number of para-hydroxylation sites is 2. The zero-order valence-corrected chi connectivity index (χ0v) is 17.8. The van der Waals surface area contributed by atoms with E-state index in [1.807, 2.05) is 50.2 Å². The molecule has 3 aromatic rings. The number of thiazole rings is 1. The Bertz CT molecular complexity index is 959. The van der Waals surface area contributed by atoms with Crippen molar-refractivity contribution in [3.63, 3.8) is 0 Å². The molecule has 5 nitrogen and oxygen atoms in total. The normalized spacial score (nSPS) is 12.0. The summed E-state index contributed by atoms with van der Waals surface area (Å²) < 4.78 is 6.49. The van der Waals surface area contributed by atoms with Gasteiger partial charge in [0.2, 0.25) is 0 Å². The van der Waals surface area contributed by atoms with Crippen molar-refractivity contribution in [2.45, 2.75) is 52.6 Å². The van der Waals surface area contributed by atoms with E-state index in [-0.39, 0.29) is 11.9 Å². The lowest BCUT2D eigenvalue weighted by molar-refractivity contribution is -0.153. The summed E-state index contributed by atoms with van der Waals surface area (Å²) in [6.45, 7) is 5.47. The average Bonchev–Trinajstić information content (AvgIpc) is 3.11. The van der Waals surface area contributed by atoms with Gasteiger partial charge in [-0.15, -0.1) is 11.3 Å². The molecule has 0 aliphatic rings. The van der Waals surface area contributed by atoms with Gasteiger partial charge in [-0.25, -0.2) is 4.98 Å². The molecule has 0 aliphatic heterocycles. The number of aryl methyl sites for hydroxylation is 3. The van der Waals surface area contributed by atoms with Gasteiger partial charge in [-0.3, -0.25) is 9.59 Å². The van der Waals surface area contributed by atoms with E-state index in [4.69, 9.17) is 4.74 Å². The molecular formula is C23H26N2O3S. The molecule has 1 atom stereocenters. The number of nitrogens with one attached hydrogen (secondary N) is 1. The van der Waals surface area contributed by atoms with Gasteiger partial charge >= 0.3 is 5.97 Å². The van der Waals surface area contributed by atoms with Gasteiger partial charge in [0.25, 0.3) is 5.91 Å². The number of ether oxygens (including phenoxy) is 1. The Kier molecular flexibility index (Phi) is 6.99. The second-order valence-electron chi connectivity index (χ2n) is 7.17. The van der Waals surface area contributed by atoms with Crippen LogP contribution < -0.4 is 5.32 Å². The van der Waals surface area contributed by atoms with E-state index in [9.17, 15) is 9.59 Å². The lowest BCUT2D eigenvalue weighted by atomic mass is 10.1. The first-order valence-corrected chi connectivity index (χ1v) is 10.7. The quantitative estimate of drug-likeness (QED) is 0.409. The minimum absolute atomic E-state index is 0.298. The summed E-state index contributed by atoms with van der Waals surface area (Å²) in [6.07, 6.45) is 1.88. The Labute approximate surface area is 175 Å². The largest absolute Gasteiger partial charge is 0.453 e. The minimum atomic E-state index is -0.828. The Balaban J connectivity index is 1.41. The van der Waals surface area contributed by atoms with Gasteiger partial charge in [0.15, 0.2) is 6.10 Å². The third kappa shape index (κ3) is 5.64. The first-order valence-electron chi connectivity index (χ1n) is 9.85. The molecule has 1 aromatic heterocycles. The molecule has 1 amide bonds. The molecular weight excluding hydrogens is 384 g/mol. The highest BCUT2D eigenvalue weighted by atomic mass is 32.1. The van der Waals surface area contributed by atoms with Crippen LogP contribution >= 0.6 is 11.3 Å². The van der Waals surface area contributed by atoms with Crippen LogP contribution in [0.25, 0.3) is 10.2 Å². The molecule has 0 saturated carbocycles. The van der Waals surface area contributed by atoms with Crippen molar-refractivity contribution in [1.82, 2.24) is 4.98 Å². The number of esters is 1. The Morgan fingerprint density at radius 1 is 1.07 bits per heavy atom. The summed E-state index contributed by atoms with van der Waals surface area (Å²) in [5.41, 5.74) is 3.75. The number of hydrogen-bond acceptors (Lipinski definition) is 5. The number of nitrogens with zero attached hydrogens (tertiary/aromatic N) is 1. The summed E-state index contributed by atoms with van der Waals surface area (Å²) in [7, 11) is 0. The highest BCUT2D eigenvalue weighted by molar-refractivity contribution is 7.18. The van der Waals surface area contributed by atoms with Crippen LogP contribution in [0.5, 0.6) is 0 Å². The van der Waals surface area contributed by atoms with Crippen LogP contribution in [-0.2, 0) is 20.7 Å². The molecule has 2 aromatic carbocycles. The zero-order chi connectivity index (χ0) is 20.8. The van der Waals surface area contributed by atoms with Crippen LogP contribution in [0.3, 0.4) is 0 Å². The molecule has 0 radical (unpaired) electrons. The predicted octanol–water partition coefficient (Wildman–Crippen LogP) is 5.20. The molecule has 0 saturated heterocycles. The van der Waals surface area contributed by atoms with Gasteiger partial charge in [0, 0.05) is 12.1 Å². The van der Waals surface area contributed by atoms with Crippen molar-refractivity contribution in [3.05, 3.63) is 58.6 Å². The first kappa shape index (κ1) is 21.0. The van der Waals surface area contributed by atoms with Gasteiger partial charge in [0.05, 0.1) is 15.2 Å². The molecule has 0 fully saturated rings. The van der Waals surface area contributed by atoms with Crippen LogP contribution in [0.4, 0.5) is 5.69 Å². The number of fused-ring (bicyclic) bond motifs is 1. The number of amides is 1. The number of rotatable bonds is 8. The number of benzene rings is 2. The number of aromatic nitrogens is 1. The predicted molar refractivity (Wildman–Crippen MR) is 117 cm³/mol. The third-order valence-corrected chi connectivity index (χ3v) is 5.86. The number of carbonyl (C=O) groups excluding carboxylic acids is 2. The van der Waals surface area contributed by atoms with Crippen molar-refractivity contribution in [2.75, 3.05) is 5.32 Å². The third-order valence-electron chi connectivity index (χ3n) is 4.77. The summed E-state index contributed by atoms with van der Waals surface area (Å²) >= 11 is 1.69. The number of carbonyl (C=O) groups is 2. The van der Waals surface area contributed by atoms with E-state index in [0.29, 0.717) is 12.8 Å². The summed E-state index contributed by atoms with van der Waals surface area (Å²) in [6, 6.07) is 13.9. The Morgan fingerprint density at radius 2 is 1.79 bits per heavy atom. The van der Waals surface area contributed by atoms with Crippen LogP contribution in [0.2, 0.25) is 0 Å². The van der Waals surface area contributed by atoms with Crippen LogP contribution in [0.15, 0.2) is 42.5 Å². The van der Waals surface area contributed by atoms with Crippen molar-refractivity contribution in [2.24, 2.45) is 0 Å². The standard InChI is InChI=1S/C23H26N2O3S/c1-15-9-8-10-16(2)22(15)25-23(27)17(3)28-21(26)14-7-6-13-20-24-18-11-4-5-12-19(18)29-20/h4-5,8-12,17H,6-7,13-14H2,1-3H3,(H,25,27)/t17-/m1/s1. The highest BCUT2D eigenvalue weighted by Crippen LogP contribution is 2.23. The topological polar surface area (TPSA) is 68.3 Å². The van der Waals surface area contributed by atoms with Gasteiger partial charge in [-0.05, 0) is 63.3 Å². The fourth-order valence-electron chi connectivity index (χ4n) is 3.12. The van der Waals surface area contributed by atoms with Crippen LogP contribution in [0.1, 0.15) is 42.3 Å². The maximum absolute atomic E-state index is 12.4. The molecule has 0 bridgehead atoms. The Hall–Kier alpha value is -2.73. The van der Waals surface area contributed by atoms with E-state index in [1.54, 1.807) is 18.3 Å². The summed E-state index contributed by atoms with van der Waals surface area (Å²) in [4.78, 5) is 29.0. The van der Waals surface area contributed by atoms with E-state index < -0.39 is 6.10 Å². The molecule has 152 valence electrons. The molecule has 3 rings (SSSR count). The highest BCUT2D eigenvalue weighted by Gasteiger charge is 2.19. The van der Waals surface area contributed by atoms with Gasteiger partial charge in [0.1, 0.15) is 0 Å². The molecule has 1 heterocycles. The molecule has 0 unspecified atom stereocenters. The van der Waals surface area contributed by atoms with Crippen molar-refractivity contribution < 1.29 is 14.3 Å². The van der Waals surface area contributed by atoms with Crippen molar-refractivity contribution in [1.29, 1.82) is 0 Å². The second-order valence-corrected chi connectivity index (χ2v) is 8.29. The number of unbranched alkanes of at least 4 members (excludes halogenated alkanes) is 1. The first-order chi connectivity index (χ1) is 13.9. The van der Waals surface area contributed by atoms with Crippen molar-refractivity contribution in [3.8, 4) is 0 Å². The van der Waals surface area contributed by atoms with Crippen LogP contribution in [0, 0.1) is 13.8 Å². The Morgan fingerprint density at radius 3 is 2.52 bits per heavy atom. The van der Waals surface area contributed by atoms with Crippen molar-refractivity contribution >= 4 is 39.1 Å². The van der Waals surface area contributed by atoms with E-state index >= 15 is 0 Å². The van der Waals surface area contributed by atoms with Gasteiger partial charge in [-0.2, -0.15) is 0 Å². The lowest BCUT2D eigenvalue weighted by Crippen LogP contribution is -2.30. The van der Waals surface area contributed by atoms with E-state index in [2.05, 4.69) is 16.4 Å². The maximum atomic E-state index is 12.4. The van der Waals surface area contributed by atoms with E-state index in [0.717, 1.165) is 40.2 Å². The molecule has 6 heteroatoms. The van der Waals surface area contributed by atoms with Gasteiger partial charge in [-0.1, -0.05) is 30.3 Å². The minimum Gasteiger partial charge on any atom is -0.453 e. The van der Waals surface area contributed by atoms with Crippen LogP contribution in [-0.4, -0.2) is 23.0 Å². The maximum Gasteiger partial charge on any atom is 0.306 e. The smallest absolute Gasteiger partial charge is 0.306 e. The second kappa shape index (κ2) is 9.65. The number of hydrogen-bond donors (Lipinski definition) is 1. The molecule has 1 N–H and O–H groups in total. The summed E-state index contributed by atoms with van der Waals surface area (Å²) in [5, 5.41) is 3.95. The molecule has 0 aliphatic carbocycles. The zero-order valence-electron chi connectivity index (χ0n) is 17.0. The summed E-state index contributed by atoms with van der Waals surface area (Å²) in [5.74, 6) is -0.663.